The molecule has 0 aliphatic carbocycles. The van der Waals surface area contributed by atoms with Gasteiger partial charge in [-0.05, 0) is 19.1 Å². The normalized spacial score (nSPS) is 10.2. The summed E-state index contributed by atoms with van der Waals surface area (Å²) in [5, 5.41) is 28.3. The molecule has 17 heavy (non-hydrogen) atoms. The highest BCUT2D eigenvalue weighted by atomic mass is 16.5. The van der Waals surface area contributed by atoms with Crippen LogP contribution in [0.3, 0.4) is 0 Å². The van der Waals surface area contributed by atoms with Gasteiger partial charge in [-0.3, -0.25) is 0 Å². The number of ether oxygens (including phenoxy) is 1. The van der Waals surface area contributed by atoms with E-state index in [0.717, 1.165) is 0 Å². The molecule has 0 aromatic heterocycles. The Bertz CT molecular complexity index is 535. The van der Waals surface area contributed by atoms with Gasteiger partial charge in [0, 0.05) is 11.6 Å². The van der Waals surface area contributed by atoms with Crippen molar-refractivity contribution in [2.45, 2.75) is 6.92 Å². The Kier molecular flexibility index (Phi) is 2.78. The standard InChI is InChI=1S/C13H12O4/c1-8-11(7-10(14)13(16)12(8)15)17-9-5-3-2-4-6-9/h2-7,14-16H,1H3. The van der Waals surface area contributed by atoms with Gasteiger partial charge in [0.05, 0.1) is 0 Å². The summed E-state index contributed by atoms with van der Waals surface area (Å²) in [6.45, 7) is 1.59. The maximum Gasteiger partial charge on any atom is 0.200 e. The smallest absolute Gasteiger partial charge is 0.200 e. The lowest BCUT2D eigenvalue weighted by molar-refractivity contribution is 0.359. The molecule has 0 spiro atoms. The molecular weight excluding hydrogens is 220 g/mol. The van der Waals surface area contributed by atoms with Crippen LogP contribution in [0.5, 0.6) is 28.7 Å². The summed E-state index contributed by atoms with van der Waals surface area (Å²) >= 11 is 0. The molecule has 3 N–H and O–H groups in total. The molecule has 0 unspecified atom stereocenters. The second kappa shape index (κ2) is 4.25. The number of hydrogen-bond acceptors (Lipinski definition) is 4. The van der Waals surface area contributed by atoms with Crippen LogP contribution >= 0.6 is 0 Å². The molecule has 0 amide bonds. The van der Waals surface area contributed by atoms with Crippen LogP contribution in [0.2, 0.25) is 0 Å². The molecule has 2 aromatic carbocycles. The van der Waals surface area contributed by atoms with Crippen molar-refractivity contribution >= 4 is 0 Å². The van der Waals surface area contributed by atoms with E-state index in [9.17, 15) is 15.3 Å². The maximum atomic E-state index is 9.56. The number of hydrogen-bond donors (Lipinski definition) is 3. The van der Waals surface area contributed by atoms with Crippen LogP contribution in [0.15, 0.2) is 36.4 Å². The molecular formula is C13H12O4. The molecule has 2 rings (SSSR count). The average Bonchev–Trinajstić information content (AvgIpc) is 2.35. The molecule has 0 saturated heterocycles. The number of para-hydroxylation sites is 1. The summed E-state index contributed by atoms with van der Waals surface area (Å²) in [7, 11) is 0. The summed E-state index contributed by atoms with van der Waals surface area (Å²) in [5.74, 6) is -0.457. The maximum absolute atomic E-state index is 9.56. The Balaban J connectivity index is 2.41. The van der Waals surface area contributed by atoms with Crippen LogP contribution in [-0.4, -0.2) is 15.3 Å². The molecule has 2 aromatic rings. The predicted molar refractivity (Wildman–Crippen MR) is 62.7 cm³/mol. The summed E-state index contributed by atoms with van der Waals surface area (Å²) in [6.07, 6.45) is 0. The number of aromatic hydroxyl groups is 3. The third kappa shape index (κ3) is 2.10. The average molecular weight is 232 g/mol. The fraction of sp³-hybridized carbons (Fsp3) is 0.0769. The third-order valence-electron chi connectivity index (χ3n) is 2.43. The van der Waals surface area contributed by atoms with Crippen molar-refractivity contribution < 1.29 is 20.1 Å². The van der Waals surface area contributed by atoms with E-state index >= 15 is 0 Å². The molecule has 0 heterocycles. The van der Waals surface area contributed by atoms with Gasteiger partial charge in [0.2, 0.25) is 5.75 Å². The first kappa shape index (κ1) is 11.1. The van der Waals surface area contributed by atoms with Crippen LogP contribution < -0.4 is 4.74 Å². The number of phenols is 3. The second-order valence-electron chi connectivity index (χ2n) is 3.63. The van der Waals surface area contributed by atoms with E-state index in [0.29, 0.717) is 17.1 Å². The van der Waals surface area contributed by atoms with Gasteiger partial charge in [0.1, 0.15) is 11.5 Å². The van der Waals surface area contributed by atoms with Crippen molar-refractivity contribution in [3.05, 3.63) is 42.0 Å². The molecule has 0 atom stereocenters. The van der Waals surface area contributed by atoms with Crippen molar-refractivity contribution in [3.8, 4) is 28.7 Å². The molecule has 0 aliphatic rings. The van der Waals surface area contributed by atoms with Gasteiger partial charge in [0.25, 0.3) is 0 Å². The first-order valence-corrected chi connectivity index (χ1v) is 5.07. The van der Waals surface area contributed by atoms with Gasteiger partial charge in [-0.2, -0.15) is 0 Å². The van der Waals surface area contributed by atoms with Gasteiger partial charge in [-0.15, -0.1) is 0 Å². The SMILES string of the molecule is Cc1c(Oc2ccccc2)cc(O)c(O)c1O. The first-order valence-electron chi connectivity index (χ1n) is 5.07. The highest BCUT2D eigenvalue weighted by molar-refractivity contribution is 5.59. The molecule has 88 valence electrons. The Morgan fingerprint density at radius 1 is 0.941 bits per heavy atom. The van der Waals surface area contributed by atoms with Crippen LogP contribution in [0.25, 0.3) is 0 Å². The molecule has 0 aliphatic heterocycles. The summed E-state index contributed by atoms with van der Waals surface area (Å²) < 4.78 is 5.49. The van der Waals surface area contributed by atoms with Crippen molar-refractivity contribution in [2.24, 2.45) is 0 Å². The minimum atomic E-state index is -0.539. The zero-order valence-corrected chi connectivity index (χ0v) is 9.21. The molecule has 0 saturated carbocycles. The quantitative estimate of drug-likeness (QED) is 0.696. The minimum Gasteiger partial charge on any atom is -0.504 e. The third-order valence-corrected chi connectivity index (χ3v) is 2.43. The van der Waals surface area contributed by atoms with E-state index < -0.39 is 11.5 Å². The Morgan fingerprint density at radius 3 is 2.24 bits per heavy atom. The summed E-state index contributed by atoms with van der Waals surface area (Å²) in [5.41, 5.74) is 0.365. The van der Waals surface area contributed by atoms with Gasteiger partial charge in [-0.25, -0.2) is 0 Å². The lowest BCUT2D eigenvalue weighted by Gasteiger charge is -2.11. The number of rotatable bonds is 2. The monoisotopic (exact) mass is 232 g/mol. The number of phenolic OH excluding ortho intramolecular Hbond substituents is 3. The van der Waals surface area contributed by atoms with Crippen molar-refractivity contribution in [3.63, 3.8) is 0 Å². The predicted octanol–water partition coefficient (Wildman–Crippen LogP) is 2.90. The van der Waals surface area contributed by atoms with Crippen LogP contribution in [0.1, 0.15) is 5.56 Å². The minimum absolute atomic E-state index is 0.295. The lowest BCUT2D eigenvalue weighted by Crippen LogP contribution is -1.88. The van der Waals surface area contributed by atoms with E-state index in [4.69, 9.17) is 4.74 Å². The van der Waals surface area contributed by atoms with Crippen molar-refractivity contribution in [2.75, 3.05) is 0 Å². The Labute approximate surface area is 98.3 Å². The molecule has 4 nitrogen and oxygen atoms in total. The fourth-order valence-electron chi connectivity index (χ4n) is 1.44. The highest BCUT2D eigenvalue weighted by Gasteiger charge is 2.14. The van der Waals surface area contributed by atoms with E-state index in [2.05, 4.69) is 0 Å². The van der Waals surface area contributed by atoms with Gasteiger partial charge in [-0.1, -0.05) is 18.2 Å². The molecule has 0 fully saturated rings. The van der Waals surface area contributed by atoms with Gasteiger partial charge in [0.15, 0.2) is 11.5 Å². The zero-order chi connectivity index (χ0) is 12.4. The molecule has 0 radical (unpaired) electrons. The lowest BCUT2D eigenvalue weighted by atomic mass is 10.1. The van der Waals surface area contributed by atoms with Crippen molar-refractivity contribution in [1.82, 2.24) is 0 Å². The second-order valence-corrected chi connectivity index (χ2v) is 3.63. The van der Waals surface area contributed by atoms with E-state index in [-0.39, 0.29) is 5.75 Å². The Morgan fingerprint density at radius 2 is 1.59 bits per heavy atom. The molecule has 0 bridgehead atoms. The highest BCUT2D eigenvalue weighted by Crippen LogP contribution is 2.43. The number of benzene rings is 2. The molecule has 4 heteroatoms. The first-order chi connectivity index (χ1) is 8.09. The van der Waals surface area contributed by atoms with Gasteiger partial charge >= 0.3 is 0 Å². The van der Waals surface area contributed by atoms with Crippen LogP contribution in [0, 0.1) is 6.92 Å². The van der Waals surface area contributed by atoms with E-state index in [1.165, 1.54) is 6.07 Å². The summed E-state index contributed by atoms with van der Waals surface area (Å²) in [4.78, 5) is 0. The Hall–Kier alpha value is -2.36. The van der Waals surface area contributed by atoms with Crippen molar-refractivity contribution in [1.29, 1.82) is 0 Å². The zero-order valence-electron chi connectivity index (χ0n) is 9.21. The van der Waals surface area contributed by atoms with Crippen LogP contribution in [-0.2, 0) is 0 Å². The fourth-order valence-corrected chi connectivity index (χ4v) is 1.44. The van der Waals surface area contributed by atoms with E-state index in [1.54, 1.807) is 19.1 Å². The topological polar surface area (TPSA) is 69.9 Å². The van der Waals surface area contributed by atoms with E-state index in [1.807, 2.05) is 18.2 Å². The largest absolute Gasteiger partial charge is 0.504 e. The van der Waals surface area contributed by atoms with Crippen LogP contribution in [0.4, 0.5) is 0 Å². The summed E-state index contributed by atoms with van der Waals surface area (Å²) in [6, 6.07) is 10.2. The van der Waals surface area contributed by atoms with Gasteiger partial charge < -0.3 is 20.1 Å².